The van der Waals surface area contributed by atoms with Gasteiger partial charge >= 0.3 is 6.18 Å². The Bertz CT molecular complexity index is 630. The van der Waals surface area contributed by atoms with Crippen molar-refractivity contribution in [2.24, 2.45) is 0 Å². The molecule has 3 rings (SSSR count). The molecule has 8 heteroatoms. The lowest BCUT2D eigenvalue weighted by Gasteiger charge is -2.04. The van der Waals surface area contributed by atoms with E-state index in [0.29, 0.717) is 5.82 Å². The molecular formula is C10H6BrF4N3. The number of rotatable bonds is 1. The van der Waals surface area contributed by atoms with Gasteiger partial charge in [0.05, 0.1) is 4.47 Å². The summed E-state index contributed by atoms with van der Waals surface area (Å²) < 4.78 is 52.8. The maximum Gasteiger partial charge on any atom is 0.437 e. The number of hydrogen-bond acceptors (Lipinski definition) is 2. The van der Waals surface area contributed by atoms with Gasteiger partial charge in [-0.2, -0.15) is 17.6 Å². The molecule has 3 nitrogen and oxygen atoms in total. The van der Waals surface area contributed by atoms with Gasteiger partial charge in [0.25, 0.3) is 0 Å². The lowest BCUT2D eigenvalue weighted by molar-refractivity contribution is -0.143. The zero-order valence-corrected chi connectivity index (χ0v) is 10.4. The molecule has 0 spiro atoms. The van der Waals surface area contributed by atoms with Crippen molar-refractivity contribution in [3.63, 3.8) is 0 Å². The topological polar surface area (TPSA) is 30.2 Å². The van der Waals surface area contributed by atoms with Gasteiger partial charge in [0.1, 0.15) is 5.82 Å². The van der Waals surface area contributed by atoms with Gasteiger partial charge in [0.15, 0.2) is 5.65 Å². The Hall–Kier alpha value is -1.18. The maximum absolute atomic E-state index is 13.9. The second kappa shape index (κ2) is 3.66. The summed E-state index contributed by atoms with van der Waals surface area (Å²) >= 11 is 3.03. The van der Waals surface area contributed by atoms with Crippen molar-refractivity contribution in [3.8, 4) is 0 Å². The summed E-state index contributed by atoms with van der Waals surface area (Å²) in [6.07, 6.45) is -1.84. The summed E-state index contributed by atoms with van der Waals surface area (Å²) in [7, 11) is 0. The smallest absolute Gasteiger partial charge is 0.255 e. The number of alkyl halides is 3. The Labute approximate surface area is 107 Å². The average Bonchev–Trinajstić information content (AvgIpc) is 3.03. The van der Waals surface area contributed by atoms with E-state index in [2.05, 4.69) is 25.9 Å². The van der Waals surface area contributed by atoms with Crippen LogP contribution < -0.4 is 0 Å². The highest BCUT2D eigenvalue weighted by Gasteiger charge is 2.40. The monoisotopic (exact) mass is 323 g/mol. The van der Waals surface area contributed by atoms with E-state index in [0.717, 1.165) is 17.2 Å². The van der Waals surface area contributed by atoms with E-state index in [4.69, 9.17) is 0 Å². The molecule has 0 aliphatic heterocycles. The van der Waals surface area contributed by atoms with Gasteiger partial charge in [-0.05, 0) is 28.8 Å². The molecule has 96 valence electrons. The molecule has 1 aliphatic rings. The molecule has 18 heavy (non-hydrogen) atoms. The first-order valence-electron chi connectivity index (χ1n) is 5.19. The molecule has 0 unspecified atom stereocenters. The summed E-state index contributed by atoms with van der Waals surface area (Å²) in [5.74, 6) is -1.08. The van der Waals surface area contributed by atoms with Crippen molar-refractivity contribution in [1.82, 2.24) is 14.4 Å². The number of fused-ring (bicyclic) bond motifs is 1. The number of nitrogens with zero attached hydrogens (tertiary/aromatic N) is 3. The Kier molecular flexibility index (Phi) is 2.42. The predicted octanol–water partition coefficient (Wildman–Crippen LogP) is 3.53. The predicted molar refractivity (Wildman–Crippen MR) is 57.6 cm³/mol. The normalized spacial score (nSPS) is 16.5. The quantitative estimate of drug-likeness (QED) is 0.751. The van der Waals surface area contributed by atoms with Crippen LogP contribution in [0.3, 0.4) is 0 Å². The minimum atomic E-state index is -4.81. The van der Waals surface area contributed by atoms with Crippen LogP contribution >= 0.6 is 15.9 Å². The molecule has 0 atom stereocenters. The minimum Gasteiger partial charge on any atom is -0.255 e. The SMILES string of the molecule is Fc1c(C(F)(F)F)nc2c(Br)cnc(C3CC3)n12. The number of imidazole rings is 1. The van der Waals surface area contributed by atoms with Crippen molar-refractivity contribution >= 4 is 21.6 Å². The van der Waals surface area contributed by atoms with Gasteiger partial charge in [-0.1, -0.05) is 0 Å². The van der Waals surface area contributed by atoms with E-state index in [1.165, 1.54) is 6.20 Å². The van der Waals surface area contributed by atoms with Gasteiger partial charge in [-0.3, -0.25) is 4.40 Å². The van der Waals surface area contributed by atoms with Crippen LogP contribution in [-0.2, 0) is 6.18 Å². The molecule has 2 aromatic rings. The molecule has 1 fully saturated rings. The zero-order chi connectivity index (χ0) is 13.1. The molecule has 0 aromatic carbocycles. The van der Waals surface area contributed by atoms with Crippen LogP contribution in [0.1, 0.15) is 30.3 Å². The van der Waals surface area contributed by atoms with Crippen LogP contribution in [0, 0.1) is 5.95 Å². The van der Waals surface area contributed by atoms with Crippen LogP contribution in [0.25, 0.3) is 5.65 Å². The molecule has 1 aliphatic carbocycles. The Balaban J connectivity index is 2.35. The molecule has 0 N–H and O–H groups in total. The van der Waals surface area contributed by atoms with Crippen molar-refractivity contribution in [2.75, 3.05) is 0 Å². The summed E-state index contributed by atoms with van der Waals surface area (Å²) in [4.78, 5) is 7.32. The average molecular weight is 324 g/mol. The van der Waals surface area contributed by atoms with E-state index < -0.39 is 17.8 Å². The third-order valence-electron chi connectivity index (χ3n) is 2.79. The maximum atomic E-state index is 13.9. The highest BCUT2D eigenvalue weighted by atomic mass is 79.9. The van der Waals surface area contributed by atoms with Gasteiger partial charge in [0, 0.05) is 12.1 Å². The van der Waals surface area contributed by atoms with E-state index in [-0.39, 0.29) is 16.0 Å². The Morgan fingerprint density at radius 2 is 2.00 bits per heavy atom. The highest BCUT2D eigenvalue weighted by molar-refractivity contribution is 9.10. The number of hydrogen-bond donors (Lipinski definition) is 0. The summed E-state index contributed by atoms with van der Waals surface area (Å²) in [6.45, 7) is 0. The lowest BCUT2D eigenvalue weighted by Crippen LogP contribution is -2.09. The zero-order valence-electron chi connectivity index (χ0n) is 8.80. The van der Waals surface area contributed by atoms with E-state index in [1.807, 2.05) is 0 Å². The number of halogens is 5. The fraction of sp³-hybridized carbons (Fsp3) is 0.400. The van der Waals surface area contributed by atoms with Gasteiger partial charge in [0.2, 0.25) is 11.6 Å². The fourth-order valence-electron chi connectivity index (χ4n) is 1.82. The molecule has 2 heterocycles. The third kappa shape index (κ3) is 1.70. The largest absolute Gasteiger partial charge is 0.437 e. The lowest BCUT2D eigenvalue weighted by atomic mass is 10.4. The first kappa shape index (κ1) is 11.9. The molecule has 0 saturated heterocycles. The second-order valence-electron chi connectivity index (χ2n) is 4.15. The van der Waals surface area contributed by atoms with Crippen molar-refractivity contribution in [2.45, 2.75) is 24.9 Å². The summed E-state index contributed by atoms with van der Waals surface area (Å²) in [5, 5.41) is 0. The van der Waals surface area contributed by atoms with Crippen molar-refractivity contribution in [3.05, 3.63) is 28.1 Å². The molecule has 0 amide bonds. The van der Waals surface area contributed by atoms with Gasteiger partial charge in [-0.25, -0.2) is 9.97 Å². The van der Waals surface area contributed by atoms with E-state index in [9.17, 15) is 17.6 Å². The van der Waals surface area contributed by atoms with Crippen molar-refractivity contribution in [1.29, 1.82) is 0 Å². The van der Waals surface area contributed by atoms with E-state index >= 15 is 0 Å². The molecule has 0 radical (unpaired) electrons. The van der Waals surface area contributed by atoms with Crippen LogP contribution in [0.2, 0.25) is 0 Å². The first-order valence-corrected chi connectivity index (χ1v) is 5.98. The Morgan fingerprint density at radius 1 is 1.33 bits per heavy atom. The van der Waals surface area contributed by atoms with Gasteiger partial charge < -0.3 is 0 Å². The van der Waals surface area contributed by atoms with Crippen LogP contribution in [0.15, 0.2) is 10.7 Å². The van der Waals surface area contributed by atoms with Gasteiger partial charge in [-0.15, -0.1) is 0 Å². The summed E-state index contributed by atoms with van der Waals surface area (Å²) in [5.41, 5.74) is -1.59. The third-order valence-corrected chi connectivity index (χ3v) is 3.34. The second-order valence-corrected chi connectivity index (χ2v) is 5.00. The Morgan fingerprint density at radius 3 is 2.56 bits per heavy atom. The van der Waals surface area contributed by atoms with Crippen LogP contribution in [0.5, 0.6) is 0 Å². The fourth-order valence-corrected chi connectivity index (χ4v) is 2.19. The molecule has 0 bridgehead atoms. The van der Waals surface area contributed by atoms with E-state index in [1.54, 1.807) is 0 Å². The minimum absolute atomic E-state index is 0.0189. The molecule has 2 aromatic heterocycles. The highest BCUT2D eigenvalue weighted by Crippen LogP contribution is 2.41. The van der Waals surface area contributed by atoms with Crippen molar-refractivity contribution < 1.29 is 17.6 Å². The van der Waals surface area contributed by atoms with Crippen LogP contribution in [0.4, 0.5) is 17.6 Å². The standard InChI is InChI=1S/C10H6BrF4N3/c11-5-3-16-8(4-1-2-4)18-7(12)6(10(13,14)15)17-9(5)18/h3-4H,1-2H2. The molecule has 1 saturated carbocycles. The molecular weight excluding hydrogens is 318 g/mol. The summed E-state index contributed by atoms with van der Waals surface area (Å²) in [6, 6.07) is 0. The first-order chi connectivity index (χ1) is 8.39. The van der Waals surface area contributed by atoms with Crippen LogP contribution in [-0.4, -0.2) is 14.4 Å². The number of aromatic nitrogens is 3.